The van der Waals surface area contributed by atoms with Gasteiger partial charge in [0, 0.05) is 11.0 Å². The predicted octanol–water partition coefficient (Wildman–Crippen LogP) is 2.61. The summed E-state index contributed by atoms with van der Waals surface area (Å²) in [6.07, 6.45) is 0. The highest BCUT2D eigenvalue weighted by Gasteiger charge is 1.99. The first kappa shape index (κ1) is 8.47. The third kappa shape index (κ3) is 2.15. The standard InChI is InChI=1S/C9H11OS/c1-3-11-9-7-5-4-6-8(9)10-2/h4-5,7H,3H2,1-2H3. The molecular formula is C9H11OS. The molecule has 0 saturated heterocycles. The molecule has 0 aliphatic heterocycles. The van der Waals surface area contributed by atoms with Crippen LogP contribution in [0.15, 0.2) is 23.1 Å². The largest absolute Gasteiger partial charge is 0.495 e. The number of para-hydroxylation sites is 1. The molecule has 0 heterocycles. The van der Waals surface area contributed by atoms with E-state index in [1.54, 1.807) is 18.9 Å². The van der Waals surface area contributed by atoms with Crippen LogP contribution in [0.4, 0.5) is 0 Å². The monoisotopic (exact) mass is 167 g/mol. The summed E-state index contributed by atoms with van der Waals surface area (Å²) in [7, 11) is 1.67. The van der Waals surface area contributed by atoms with Crippen molar-refractivity contribution in [3.8, 4) is 5.75 Å². The summed E-state index contributed by atoms with van der Waals surface area (Å²) in [5.74, 6) is 1.91. The van der Waals surface area contributed by atoms with Crippen LogP contribution in [0.1, 0.15) is 6.92 Å². The van der Waals surface area contributed by atoms with Gasteiger partial charge in [0.25, 0.3) is 0 Å². The van der Waals surface area contributed by atoms with Gasteiger partial charge in [-0.2, -0.15) is 0 Å². The highest BCUT2D eigenvalue weighted by Crippen LogP contribution is 2.27. The quantitative estimate of drug-likeness (QED) is 0.640. The number of methoxy groups -OCH3 is 1. The van der Waals surface area contributed by atoms with Crippen molar-refractivity contribution in [2.24, 2.45) is 0 Å². The lowest BCUT2D eigenvalue weighted by Crippen LogP contribution is -1.85. The molecule has 59 valence electrons. The van der Waals surface area contributed by atoms with Crippen molar-refractivity contribution in [1.82, 2.24) is 0 Å². The first-order valence-corrected chi connectivity index (χ1v) is 4.54. The van der Waals surface area contributed by atoms with Crippen LogP contribution < -0.4 is 4.74 Å². The highest BCUT2D eigenvalue weighted by atomic mass is 32.2. The summed E-state index contributed by atoms with van der Waals surface area (Å²) >= 11 is 1.77. The maximum Gasteiger partial charge on any atom is 0.140 e. The van der Waals surface area contributed by atoms with Gasteiger partial charge in [-0.25, -0.2) is 0 Å². The average molecular weight is 167 g/mol. The molecule has 2 heteroatoms. The zero-order valence-corrected chi connectivity index (χ0v) is 7.57. The predicted molar refractivity (Wildman–Crippen MR) is 48.2 cm³/mol. The number of benzene rings is 1. The van der Waals surface area contributed by atoms with Crippen molar-refractivity contribution < 1.29 is 4.74 Å². The van der Waals surface area contributed by atoms with Crippen LogP contribution in [0.25, 0.3) is 0 Å². The zero-order chi connectivity index (χ0) is 8.10. The van der Waals surface area contributed by atoms with Crippen molar-refractivity contribution >= 4 is 11.8 Å². The van der Waals surface area contributed by atoms with Crippen molar-refractivity contribution in [3.63, 3.8) is 0 Å². The zero-order valence-electron chi connectivity index (χ0n) is 6.76. The molecular weight excluding hydrogens is 156 g/mol. The molecule has 1 rings (SSSR count). The Morgan fingerprint density at radius 3 is 3.09 bits per heavy atom. The summed E-state index contributed by atoms with van der Waals surface area (Å²) < 4.78 is 5.12. The smallest absolute Gasteiger partial charge is 0.140 e. The SMILES string of the molecule is CCSc1ccc[c]c1OC. The van der Waals surface area contributed by atoms with E-state index in [9.17, 15) is 0 Å². The van der Waals surface area contributed by atoms with Crippen LogP contribution in [-0.2, 0) is 0 Å². The maximum absolute atomic E-state index is 5.12. The van der Waals surface area contributed by atoms with Crippen LogP contribution in [0.2, 0.25) is 0 Å². The highest BCUT2D eigenvalue weighted by molar-refractivity contribution is 7.99. The molecule has 0 bridgehead atoms. The number of hydrogen-bond donors (Lipinski definition) is 0. The number of thioether (sulfide) groups is 1. The molecule has 0 saturated carbocycles. The van der Waals surface area contributed by atoms with E-state index in [4.69, 9.17) is 4.74 Å². The first-order valence-electron chi connectivity index (χ1n) is 3.56. The van der Waals surface area contributed by atoms with E-state index in [2.05, 4.69) is 13.0 Å². The van der Waals surface area contributed by atoms with Gasteiger partial charge in [0.1, 0.15) is 5.75 Å². The van der Waals surface area contributed by atoms with E-state index < -0.39 is 0 Å². The Kier molecular flexibility index (Phi) is 3.30. The van der Waals surface area contributed by atoms with E-state index in [1.165, 1.54) is 0 Å². The van der Waals surface area contributed by atoms with Crippen LogP contribution in [-0.4, -0.2) is 12.9 Å². The maximum atomic E-state index is 5.12. The van der Waals surface area contributed by atoms with Gasteiger partial charge in [0.2, 0.25) is 0 Å². The summed E-state index contributed by atoms with van der Waals surface area (Å²) in [6.45, 7) is 2.12. The van der Waals surface area contributed by atoms with Gasteiger partial charge in [-0.05, 0) is 11.8 Å². The van der Waals surface area contributed by atoms with Gasteiger partial charge in [-0.3, -0.25) is 0 Å². The molecule has 0 aromatic heterocycles. The van der Waals surface area contributed by atoms with Crippen LogP contribution >= 0.6 is 11.8 Å². The molecule has 1 nitrogen and oxygen atoms in total. The van der Waals surface area contributed by atoms with Crippen LogP contribution in [0, 0.1) is 6.07 Å². The van der Waals surface area contributed by atoms with Gasteiger partial charge in [0.05, 0.1) is 7.11 Å². The van der Waals surface area contributed by atoms with E-state index in [0.29, 0.717) is 0 Å². The molecule has 1 radical (unpaired) electrons. The van der Waals surface area contributed by atoms with Gasteiger partial charge < -0.3 is 4.74 Å². The third-order valence-electron chi connectivity index (χ3n) is 1.29. The number of hydrogen-bond acceptors (Lipinski definition) is 2. The fraction of sp³-hybridized carbons (Fsp3) is 0.333. The first-order chi connectivity index (χ1) is 5.38. The Morgan fingerprint density at radius 1 is 1.64 bits per heavy atom. The molecule has 0 aliphatic carbocycles. The van der Waals surface area contributed by atoms with Gasteiger partial charge >= 0.3 is 0 Å². The Bertz CT molecular complexity index is 223. The Balaban J connectivity index is 2.83. The summed E-state index contributed by atoms with van der Waals surface area (Å²) in [4.78, 5) is 1.16. The van der Waals surface area contributed by atoms with Crippen molar-refractivity contribution in [3.05, 3.63) is 24.3 Å². The molecule has 0 spiro atoms. The third-order valence-corrected chi connectivity index (χ3v) is 2.21. The average Bonchev–Trinajstić information content (AvgIpc) is 2.06. The summed E-state index contributed by atoms with van der Waals surface area (Å²) in [5.41, 5.74) is 0. The molecule has 0 atom stereocenters. The van der Waals surface area contributed by atoms with Crippen molar-refractivity contribution in [1.29, 1.82) is 0 Å². The fourth-order valence-electron chi connectivity index (χ4n) is 0.835. The van der Waals surface area contributed by atoms with Crippen molar-refractivity contribution in [2.75, 3.05) is 12.9 Å². The fourth-order valence-corrected chi connectivity index (χ4v) is 1.59. The molecule has 1 aromatic carbocycles. The molecule has 0 unspecified atom stereocenters. The van der Waals surface area contributed by atoms with Crippen LogP contribution in [0.5, 0.6) is 5.75 Å². The lowest BCUT2D eigenvalue weighted by atomic mass is 10.3. The second-order valence-electron chi connectivity index (χ2n) is 2.00. The van der Waals surface area contributed by atoms with E-state index in [1.807, 2.05) is 18.2 Å². The normalized spacial score (nSPS) is 9.64. The molecule has 0 fully saturated rings. The van der Waals surface area contributed by atoms with Gasteiger partial charge in [-0.15, -0.1) is 11.8 Å². The Labute approximate surface area is 71.8 Å². The van der Waals surface area contributed by atoms with E-state index in [0.717, 1.165) is 16.4 Å². The lowest BCUT2D eigenvalue weighted by molar-refractivity contribution is 0.404. The van der Waals surface area contributed by atoms with Crippen molar-refractivity contribution in [2.45, 2.75) is 11.8 Å². The number of rotatable bonds is 3. The summed E-state index contributed by atoms with van der Waals surface area (Å²) in [5, 5.41) is 0. The van der Waals surface area contributed by atoms with Crippen LogP contribution in [0.3, 0.4) is 0 Å². The van der Waals surface area contributed by atoms with Gasteiger partial charge in [0.15, 0.2) is 0 Å². The topological polar surface area (TPSA) is 9.23 Å². The molecule has 1 aromatic rings. The second-order valence-corrected chi connectivity index (χ2v) is 3.31. The minimum absolute atomic E-state index is 0.847. The second kappa shape index (κ2) is 4.29. The van der Waals surface area contributed by atoms with Gasteiger partial charge in [-0.1, -0.05) is 19.1 Å². The molecule has 0 aliphatic rings. The molecule has 11 heavy (non-hydrogen) atoms. The summed E-state index contributed by atoms with van der Waals surface area (Å²) in [6, 6.07) is 8.91. The Hall–Kier alpha value is -0.630. The van der Waals surface area contributed by atoms with E-state index in [-0.39, 0.29) is 0 Å². The molecule has 0 N–H and O–H groups in total. The number of ether oxygens (including phenoxy) is 1. The molecule has 0 amide bonds. The minimum Gasteiger partial charge on any atom is -0.495 e. The Morgan fingerprint density at radius 2 is 2.45 bits per heavy atom. The minimum atomic E-state index is 0.847. The van der Waals surface area contributed by atoms with E-state index >= 15 is 0 Å². The lowest BCUT2D eigenvalue weighted by Gasteiger charge is -2.04.